The summed E-state index contributed by atoms with van der Waals surface area (Å²) in [7, 11) is 0. The lowest BCUT2D eigenvalue weighted by molar-refractivity contribution is 0.605. The predicted molar refractivity (Wildman–Crippen MR) is 72.9 cm³/mol. The molecule has 1 heterocycles. The number of hydrogen-bond donors (Lipinski definition) is 0. The molecule has 0 amide bonds. The number of rotatable bonds is 1. The van der Waals surface area contributed by atoms with Gasteiger partial charge >= 0.3 is 0 Å². The third-order valence-electron chi connectivity index (χ3n) is 2.84. The van der Waals surface area contributed by atoms with Crippen molar-refractivity contribution in [1.29, 1.82) is 0 Å². The van der Waals surface area contributed by atoms with Gasteiger partial charge in [0.25, 0.3) is 0 Å². The summed E-state index contributed by atoms with van der Waals surface area (Å²) in [6.45, 7) is 0. The highest BCUT2D eigenvalue weighted by molar-refractivity contribution is 6.34. The van der Waals surface area contributed by atoms with E-state index in [4.69, 9.17) is 16.0 Å². The van der Waals surface area contributed by atoms with Crippen molar-refractivity contribution >= 4 is 22.6 Å². The summed E-state index contributed by atoms with van der Waals surface area (Å²) in [6, 6.07) is 14.6. The summed E-state index contributed by atoms with van der Waals surface area (Å²) in [4.78, 5) is 12.4. The van der Waals surface area contributed by atoms with Crippen LogP contribution in [0.2, 0.25) is 5.02 Å². The van der Waals surface area contributed by atoms with Crippen LogP contribution in [0.5, 0.6) is 0 Å². The molecule has 0 N–H and O–H groups in total. The van der Waals surface area contributed by atoms with E-state index >= 15 is 0 Å². The fourth-order valence-electron chi connectivity index (χ4n) is 1.94. The fraction of sp³-hybridized carbons (Fsp3) is 0. The van der Waals surface area contributed by atoms with Gasteiger partial charge in [-0.05, 0) is 17.7 Å². The van der Waals surface area contributed by atoms with Crippen LogP contribution in [0.25, 0.3) is 22.1 Å². The zero-order valence-corrected chi connectivity index (χ0v) is 10.1. The van der Waals surface area contributed by atoms with Crippen molar-refractivity contribution in [1.82, 2.24) is 0 Å². The highest BCUT2D eigenvalue weighted by Crippen LogP contribution is 2.24. The summed E-state index contributed by atoms with van der Waals surface area (Å²) >= 11 is 5.99. The second kappa shape index (κ2) is 4.31. The molecule has 0 spiro atoms. The van der Waals surface area contributed by atoms with Gasteiger partial charge in [0.15, 0.2) is 5.58 Å². The van der Waals surface area contributed by atoms with Gasteiger partial charge in [0, 0.05) is 0 Å². The minimum Gasteiger partial charge on any atom is -0.462 e. The van der Waals surface area contributed by atoms with E-state index < -0.39 is 0 Å². The Morgan fingerprint density at radius 1 is 0.944 bits per heavy atom. The van der Waals surface area contributed by atoms with Crippen molar-refractivity contribution < 1.29 is 4.42 Å². The lowest BCUT2D eigenvalue weighted by Crippen LogP contribution is -2.04. The Labute approximate surface area is 108 Å². The Bertz CT molecular complexity index is 760. The standard InChI is InChI=1S/C15H9ClO2/c16-13-8-4-7-11-14(17)12(9-18-15(11)13)10-5-2-1-3-6-10/h1-9H. The van der Waals surface area contributed by atoms with Gasteiger partial charge in [-0.25, -0.2) is 0 Å². The van der Waals surface area contributed by atoms with Crippen LogP contribution in [0, 0.1) is 0 Å². The molecule has 0 aliphatic rings. The molecule has 0 atom stereocenters. The molecule has 3 rings (SSSR count). The maximum absolute atomic E-state index is 12.4. The molecule has 0 aliphatic carbocycles. The van der Waals surface area contributed by atoms with Gasteiger partial charge in [-0.1, -0.05) is 48.0 Å². The van der Waals surface area contributed by atoms with Crippen molar-refractivity contribution in [3.8, 4) is 11.1 Å². The van der Waals surface area contributed by atoms with E-state index in [1.165, 1.54) is 6.26 Å². The van der Waals surface area contributed by atoms with Gasteiger partial charge < -0.3 is 4.42 Å². The first kappa shape index (κ1) is 11.1. The minimum atomic E-state index is -0.0649. The molecule has 0 bridgehead atoms. The van der Waals surface area contributed by atoms with Crippen molar-refractivity contribution in [2.45, 2.75) is 0 Å². The van der Waals surface area contributed by atoms with Crippen LogP contribution in [0.4, 0.5) is 0 Å². The normalized spacial score (nSPS) is 10.7. The quantitative estimate of drug-likeness (QED) is 0.656. The number of halogens is 1. The molecule has 2 aromatic carbocycles. The largest absolute Gasteiger partial charge is 0.462 e. The minimum absolute atomic E-state index is 0.0649. The molecule has 3 aromatic rings. The topological polar surface area (TPSA) is 30.2 Å². The third-order valence-corrected chi connectivity index (χ3v) is 3.13. The van der Waals surface area contributed by atoms with Crippen molar-refractivity contribution in [3.63, 3.8) is 0 Å². The van der Waals surface area contributed by atoms with Gasteiger partial charge in [0.2, 0.25) is 5.43 Å². The van der Waals surface area contributed by atoms with Crippen molar-refractivity contribution in [3.05, 3.63) is 70.0 Å². The first-order valence-corrected chi connectivity index (χ1v) is 5.90. The van der Waals surface area contributed by atoms with E-state index in [9.17, 15) is 4.79 Å². The van der Waals surface area contributed by atoms with E-state index in [1.54, 1.807) is 18.2 Å². The van der Waals surface area contributed by atoms with Crippen LogP contribution in [0.15, 0.2) is 64.0 Å². The number of fused-ring (bicyclic) bond motifs is 1. The van der Waals surface area contributed by atoms with Gasteiger partial charge in [-0.3, -0.25) is 4.79 Å². The zero-order valence-electron chi connectivity index (χ0n) is 9.39. The second-order valence-corrected chi connectivity index (χ2v) is 4.37. The highest BCUT2D eigenvalue weighted by atomic mass is 35.5. The fourth-order valence-corrected chi connectivity index (χ4v) is 2.16. The first-order valence-electron chi connectivity index (χ1n) is 5.53. The van der Waals surface area contributed by atoms with Crippen LogP contribution in [-0.2, 0) is 0 Å². The summed E-state index contributed by atoms with van der Waals surface area (Å²) in [6.07, 6.45) is 1.46. The van der Waals surface area contributed by atoms with Gasteiger partial charge in [-0.15, -0.1) is 0 Å². The molecule has 0 radical (unpaired) electrons. The van der Waals surface area contributed by atoms with Gasteiger partial charge in [0.05, 0.1) is 16.0 Å². The summed E-state index contributed by atoms with van der Waals surface area (Å²) in [5.74, 6) is 0. The van der Waals surface area contributed by atoms with Gasteiger partial charge in [0.1, 0.15) is 6.26 Å². The smallest absolute Gasteiger partial charge is 0.200 e. The van der Waals surface area contributed by atoms with Crippen LogP contribution >= 0.6 is 11.6 Å². The molecule has 1 aromatic heterocycles. The summed E-state index contributed by atoms with van der Waals surface area (Å²) in [5, 5.41) is 0.952. The summed E-state index contributed by atoms with van der Waals surface area (Å²) in [5.41, 5.74) is 1.76. The van der Waals surface area contributed by atoms with Crippen molar-refractivity contribution in [2.75, 3.05) is 0 Å². The van der Waals surface area contributed by atoms with Crippen LogP contribution < -0.4 is 5.43 Å². The van der Waals surface area contributed by atoms with E-state index in [2.05, 4.69) is 0 Å². The van der Waals surface area contributed by atoms with E-state index in [1.807, 2.05) is 30.3 Å². The lowest BCUT2D eigenvalue weighted by atomic mass is 10.1. The average molecular weight is 257 g/mol. The van der Waals surface area contributed by atoms with Crippen molar-refractivity contribution in [2.24, 2.45) is 0 Å². The highest BCUT2D eigenvalue weighted by Gasteiger charge is 2.10. The third kappa shape index (κ3) is 1.71. The SMILES string of the molecule is O=c1c(-c2ccccc2)coc2c(Cl)cccc12. The Balaban J connectivity index is 2.35. The lowest BCUT2D eigenvalue weighted by Gasteiger charge is -2.03. The molecule has 18 heavy (non-hydrogen) atoms. The van der Waals surface area contributed by atoms with E-state index in [0.29, 0.717) is 21.6 Å². The molecule has 88 valence electrons. The molecule has 0 aliphatic heterocycles. The first-order chi connectivity index (χ1) is 8.77. The van der Waals surface area contributed by atoms with Gasteiger partial charge in [-0.2, -0.15) is 0 Å². The Kier molecular flexibility index (Phi) is 2.65. The molecule has 0 fully saturated rings. The molecule has 3 heteroatoms. The molecule has 0 saturated heterocycles. The zero-order chi connectivity index (χ0) is 12.5. The second-order valence-electron chi connectivity index (χ2n) is 3.96. The number of hydrogen-bond acceptors (Lipinski definition) is 2. The van der Waals surface area contributed by atoms with E-state index in [0.717, 1.165) is 5.56 Å². The maximum atomic E-state index is 12.4. The molecular formula is C15H9ClO2. The average Bonchev–Trinajstić information content (AvgIpc) is 2.41. The molecule has 0 saturated carbocycles. The van der Waals surface area contributed by atoms with E-state index in [-0.39, 0.29) is 5.43 Å². The number of benzene rings is 2. The molecule has 2 nitrogen and oxygen atoms in total. The van der Waals surface area contributed by atoms with Crippen LogP contribution in [0.3, 0.4) is 0 Å². The Hall–Kier alpha value is -2.06. The maximum Gasteiger partial charge on any atom is 0.200 e. The monoisotopic (exact) mass is 256 g/mol. The number of para-hydroxylation sites is 1. The predicted octanol–water partition coefficient (Wildman–Crippen LogP) is 4.11. The summed E-state index contributed by atoms with van der Waals surface area (Å²) < 4.78 is 5.48. The molecular weight excluding hydrogens is 248 g/mol. The Morgan fingerprint density at radius 3 is 2.50 bits per heavy atom. The van der Waals surface area contributed by atoms with Crippen LogP contribution in [-0.4, -0.2) is 0 Å². The van der Waals surface area contributed by atoms with Crippen LogP contribution in [0.1, 0.15) is 0 Å². The Morgan fingerprint density at radius 2 is 1.72 bits per heavy atom. The molecule has 0 unspecified atom stereocenters.